The van der Waals surface area contributed by atoms with E-state index in [9.17, 15) is 0 Å². The van der Waals surface area contributed by atoms with Gasteiger partial charge in [0, 0.05) is 0 Å². The fourth-order valence-electron chi connectivity index (χ4n) is 1.91. The lowest BCUT2D eigenvalue weighted by molar-refractivity contribution is 0.393. The lowest BCUT2D eigenvalue weighted by Crippen LogP contribution is -2.22. The molecule has 1 atom stereocenters. The topological polar surface area (TPSA) is 15.3 Å². The number of rotatable bonds is 8. The lowest BCUT2D eigenvalue weighted by atomic mass is 9.98. The van der Waals surface area contributed by atoms with Gasteiger partial charge in [0.1, 0.15) is 0 Å². The van der Waals surface area contributed by atoms with Crippen LogP contribution in [-0.4, -0.2) is 38.6 Å². The number of nitrogens with one attached hydrogen (secondary N) is 1. The van der Waals surface area contributed by atoms with Crippen molar-refractivity contribution in [2.24, 2.45) is 0 Å². The van der Waals surface area contributed by atoms with E-state index in [1.54, 1.807) is 0 Å². The van der Waals surface area contributed by atoms with Crippen molar-refractivity contribution in [3.05, 3.63) is 35.9 Å². The van der Waals surface area contributed by atoms with E-state index in [-0.39, 0.29) is 0 Å². The van der Waals surface area contributed by atoms with Gasteiger partial charge in [-0.1, -0.05) is 37.3 Å². The van der Waals surface area contributed by atoms with E-state index in [1.165, 1.54) is 24.9 Å². The second-order valence-electron chi connectivity index (χ2n) is 5.01. The van der Waals surface area contributed by atoms with Crippen LogP contribution in [0.3, 0.4) is 0 Å². The molecule has 0 amide bonds. The average molecular weight is 234 g/mol. The average Bonchev–Trinajstić information content (AvgIpc) is 2.34. The molecule has 0 heterocycles. The molecule has 0 radical (unpaired) electrons. The van der Waals surface area contributed by atoms with Crippen molar-refractivity contribution < 1.29 is 0 Å². The molecule has 96 valence electrons. The van der Waals surface area contributed by atoms with Crippen LogP contribution in [0, 0.1) is 0 Å². The highest BCUT2D eigenvalue weighted by molar-refractivity contribution is 5.18. The summed E-state index contributed by atoms with van der Waals surface area (Å²) in [6.45, 7) is 5.71. The molecule has 17 heavy (non-hydrogen) atoms. The minimum absolute atomic E-state index is 0.651. The largest absolute Gasteiger partial charge is 0.317 e. The maximum absolute atomic E-state index is 3.51. The standard InChI is InChI=1S/C15H26N2/c1-14(15-8-5-4-6-9-15)10-12-16-11-7-13-17(2)3/h4-6,8-9,14,16H,7,10-13H2,1-3H3. The van der Waals surface area contributed by atoms with Gasteiger partial charge >= 0.3 is 0 Å². The second-order valence-corrected chi connectivity index (χ2v) is 5.01. The zero-order valence-electron chi connectivity index (χ0n) is 11.4. The van der Waals surface area contributed by atoms with E-state index in [4.69, 9.17) is 0 Å². The van der Waals surface area contributed by atoms with Gasteiger partial charge in [0.05, 0.1) is 0 Å². The van der Waals surface area contributed by atoms with Crippen LogP contribution >= 0.6 is 0 Å². The molecule has 1 N–H and O–H groups in total. The van der Waals surface area contributed by atoms with E-state index < -0.39 is 0 Å². The molecule has 0 spiro atoms. The molecule has 0 saturated heterocycles. The van der Waals surface area contributed by atoms with Crippen molar-refractivity contribution >= 4 is 0 Å². The Labute approximate surface area is 106 Å². The molecule has 0 aliphatic heterocycles. The van der Waals surface area contributed by atoms with Crippen LogP contribution in [0.4, 0.5) is 0 Å². The first kappa shape index (κ1) is 14.2. The summed E-state index contributed by atoms with van der Waals surface area (Å²) in [5.74, 6) is 0.651. The van der Waals surface area contributed by atoms with Crippen molar-refractivity contribution in [1.82, 2.24) is 10.2 Å². The molecule has 0 aliphatic carbocycles. The molecule has 0 aromatic heterocycles. The summed E-state index contributed by atoms with van der Waals surface area (Å²) in [6.07, 6.45) is 2.44. The Morgan fingerprint density at radius 2 is 1.82 bits per heavy atom. The van der Waals surface area contributed by atoms with E-state index in [0.29, 0.717) is 5.92 Å². The molecule has 0 saturated carbocycles. The first-order valence-corrected chi connectivity index (χ1v) is 6.60. The Hall–Kier alpha value is -0.860. The molecule has 0 bridgehead atoms. The molecule has 1 unspecified atom stereocenters. The van der Waals surface area contributed by atoms with Crippen molar-refractivity contribution in [2.45, 2.75) is 25.7 Å². The van der Waals surface area contributed by atoms with Gasteiger partial charge in [-0.15, -0.1) is 0 Å². The molecule has 1 aromatic rings. The Morgan fingerprint density at radius 3 is 2.47 bits per heavy atom. The van der Waals surface area contributed by atoms with Gasteiger partial charge in [-0.2, -0.15) is 0 Å². The predicted molar refractivity (Wildman–Crippen MR) is 75.5 cm³/mol. The first-order chi connectivity index (χ1) is 8.20. The van der Waals surface area contributed by atoms with Crippen LogP contribution in [0.25, 0.3) is 0 Å². The quantitative estimate of drug-likeness (QED) is 0.696. The van der Waals surface area contributed by atoms with Crippen LogP contribution < -0.4 is 5.32 Å². The van der Waals surface area contributed by atoms with Crippen molar-refractivity contribution in [1.29, 1.82) is 0 Å². The van der Waals surface area contributed by atoms with Crippen molar-refractivity contribution in [3.8, 4) is 0 Å². The van der Waals surface area contributed by atoms with Gasteiger partial charge in [-0.05, 0) is 58.1 Å². The fourth-order valence-corrected chi connectivity index (χ4v) is 1.91. The summed E-state index contributed by atoms with van der Waals surface area (Å²) >= 11 is 0. The number of nitrogens with zero attached hydrogens (tertiary/aromatic N) is 1. The molecule has 2 heteroatoms. The van der Waals surface area contributed by atoms with Gasteiger partial charge in [0.25, 0.3) is 0 Å². The molecule has 0 fully saturated rings. The van der Waals surface area contributed by atoms with E-state index in [1.807, 2.05) is 0 Å². The lowest BCUT2D eigenvalue weighted by Gasteiger charge is -2.13. The van der Waals surface area contributed by atoms with E-state index in [0.717, 1.165) is 13.1 Å². The number of hydrogen-bond donors (Lipinski definition) is 1. The van der Waals surface area contributed by atoms with Crippen LogP contribution in [0.1, 0.15) is 31.2 Å². The molecular formula is C15H26N2. The number of hydrogen-bond acceptors (Lipinski definition) is 2. The van der Waals surface area contributed by atoms with E-state index in [2.05, 4.69) is 61.6 Å². The van der Waals surface area contributed by atoms with Crippen molar-refractivity contribution in [3.63, 3.8) is 0 Å². The maximum atomic E-state index is 3.51. The maximum Gasteiger partial charge on any atom is -0.00127 e. The van der Waals surface area contributed by atoms with Crippen LogP contribution in [0.15, 0.2) is 30.3 Å². The summed E-state index contributed by atoms with van der Waals surface area (Å²) in [7, 11) is 4.24. The normalized spacial score (nSPS) is 12.9. The van der Waals surface area contributed by atoms with Gasteiger partial charge in [0.2, 0.25) is 0 Å². The Kier molecular flexibility index (Phi) is 6.90. The summed E-state index contributed by atoms with van der Waals surface area (Å²) in [6, 6.07) is 10.8. The van der Waals surface area contributed by atoms with Crippen LogP contribution in [-0.2, 0) is 0 Å². The van der Waals surface area contributed by atoms with E-state index >= 15 is 0 Å². The molecular weight excluding hydrogens is 208 g/mol. The molecule has 1 rings (SSSR count). The summed E-state index contributed by atoms with van der Waals surface area (Å²) < 4.78 is 0. The Morgan fingerprint density at radius 1 is 1.12 bits per heavy atom. The Bertz CT molecular complexity index is 282. The SMILES string of the molecule is CC(CCNCCCN(C)C)c1ccccc1. The second kappa shape index (κ2) is 8.26. The van der Waals surface area contributed by atoms with Crippen LogP contribution in [0.5, 0.6) is 0 Å². The highest BCUT2D eigenvalue weighted by atomic mass is 15.0. The summed E-state index contributed by atoms with van der Waals surface area (Å²) in [4.78, 5) is 2.23. The highest BCUT2D eigenvalue weighted by Crippen LogP contribution is 2.17. The monoisotopic (exact) mass is 234 g/mol. The fraction of sp³-hybridized carbons (Fsp3) is 0.600. The van der Waals surface area contributed by atoms with Gasteiger partial charge in [0.15, 0.2) is 0 Å². The summed E-state index contributed by atoms with van der Waals surface area (Å²) in [5.41, 5.74) is 1.45. The van der Waals surface area contributed by atoms with Gasteiger partial charge < -0.3 is 10.2 Å². The first-order valence-electron chi connectivity index (χ1n) is 6.60. The smallest absolute Gasteiger partial charge is 0.00127 e. The third-order valence-corrected chi connectivity index (χ3v) is 3.08. The van der Waals surface area contributed by atoms with Gasteiger partial charge in [-0.25, -0.2) is 0 Å². The molecule has 2 nitrogen and oxygen atoms in total. The minimum Gasteiger partial charge on any atom is -0.317 e. The third-order valence-electron chi connectivity index (χ3n) is 3.08. The molecule has 1 aromatic carbocycles. The summed E-state index contributed by atoms with van der Waals surface area (Å²) in [5, 5.41) is 3.51. The number of benzene rings is 1. The van der Waals surface area contributed by atoms with Crippen LogP contribution in [0.2, 0.25) is 0 Å². The highest BCUT2D eigenvalue weighted by Gasteiger charge is 2.03. The third kappa shape index (κ3) is 6.44. The Balaban J connectivity index is 2.07. The van der Waals surface area contributed by atoms with Crippen molar-refractivity contribution in [2.75, 3.05) is 33.7 Å². The minimum atomic E-state index is 0.651. The zero-order valence-corrected chi connectivity index (χ0v) is 11.4. The van der Waals surface area contributed by atoms with Gasteiger partial charge in [-0.3, -0.25) is 0 Å². The zero-order chi connectivity index (χ0) is 12.5. The predicted octanol–water partition coefficient (Wildman–Crippen LogP) is 2.72. The molecule has 0 aliphatic rings.